The van der Waals surface area contributed by atoms with E-state index in [1.807, 2.05) is 24.3 Å². The van der Waals surface area contributed by atoms with Crippen molar-refractivity contribution in [3.8, 4) is 0 Å². The van der Waals surface area contributed by atoms with Gasteiger partial charge in [0.05, 0.1) is 5.69 Å². The summed E-state index contributed by atoms with van der Waals surface area (Å²) in [5.41, 5.74) is 3.04. The summed E-state index contributed by atoms with van der Waals surface area (Å²) in [5.74, 6) is 1.39. The van der Waals surface area contributed by atoms with Crippen LogP contribution in [0.3, 0.4) is 0 Å². The lowest BCUT2D eigenvalue weighted by Crippen LogP contribution is -2.50. The molecule has 0 unspecified atom stereocenters. The van der Waals surface area contributed by atoms with Gasteiger partial charge in [0, 0.05) is 49.9 Å². The van der Waals surface area contributed by atoms with E-state index in [0.29, 0.717) is 24.9 Å². The van der Waals surface area contributed by atoms with Gasteiger partial charge in [-0.05, 0) is 67.9 Å². The Hall–Kier alpha value is -2.96. The van der Waals surface area contributed by atoms with Crippen LogP contribution in [0.5, 0.6) is 0 Å². The van der Waals surface area contributed by atoms with Gasteiger partial charge in [-0.3, -0.25) is 4.79 Å². The van der Waals surface area contributed by atoms with E-state index in [-0.39, 0.29) is 17.9 Å². The van der Waals surface area contributed by atoms with Gasteiger partial charge in [0.15, 0.2) is 0 Å². The number of amides is 3. The Kier molecular flexibility index (Phi) is 7.57. The zero-order valence-electron chi connectivity index (χ0n) is 19.7. The largest absolute Gasteiger partial charge is 0.342 e. The van der Waals surface area contributed by atoms with Crippen LogP contribution in [0, 0.1) is 11.8 Å². The molecule has 176 valence electrons. The Morgan fingerprint density at radius 1 is 1.03 bits per heavy atom. The van der Waals surface area contributed by atoms with E-state index in [0.717, 1.165) is 56.6 Å². The van der Waals surface area contributed by atoms with Gasteiger partial charge in [-0.15, -0.1) is 0 Å². The normalized spacial score (nSPS) is 17.2. The van der Waals surface area contributed by atoms with Crippen molar-refractivity contribution in [3.05, 3.63) is 53.9 Å². The first-order valence-electron chi connectivity index (χ1n) is 12.3. The van der Waals surface area contributed by atoms with E-state index in [4.69, 9.17) is 0 Å². The lowest BCUT2D eigenvalue weighted by molar-refractivity contribution is -0.137. The summed E-state index contributed by atoms with van der Waals surface area (Å²) in [6, 6.07) is 11.9. The van der Waals surface area contributed by atoms with Gasteiger partial charge in [0.25, 0.3) is 0 Å². The Labute approximate surface area is 196 Å². The second-order valence-electron chi connectivity index (χ2n) is 9.36. The highest BCUT2D eigenvalue weighted by Gasteiger charge is 2.33. The second-order valence-corrected chi connectivity index (χ2v) is 9.36. The van der Waals surface area contributed by atoms with Crippen LogP contribution in [0.1, 0.15) is 56.7 Å². The van der Waals surface area contributed by atoms with Gasteiger partial charge < -0.3 is 15.1 Å². The number of hydrogen-bond acceptors (Lipinski definition) is 4. The lowest BCUT2D eigenvalue weighted by Gasteiger charge is -2.38. The summed E-state index contributed by atoms with van der Waals surface area (Å²) in [6.45, 7) is 7.29. The van der Waals surface area contributed by atoms with Crippen molar-refractivity contribution in [1.29, 1.82) is 0 Å². The lowest BCUT2D eigenvalue weighted by atomic mass is 9.89. The smallest absolute Gasteiger partial charge is 0.321 e. The topological polar surface area (TPSA) is 78.4 Å². The highest BCUT2D eigenvalue weighted by molar-refractivity contribution is 5.90. The van der Waals surface area contributed by atoms with Crippen LogP contribution in [0.2, 0.25) is 0 Å². The summed E-state index contributed by atoms with van der Waals surface area (Å²) in [6.07, 6.45) is 6.66. The van der Waals surface area contributed by atoms with Crippen LogP contribution in [-0.2, 0) is 11.2 Å². The number of benzene rings is 1. The minimum absolute atomic E-state index is 0.0719. The fourth-order valence-corrected chi connectivity index (χ4v) is 4.88. The number of piperidine rings is 1. The van der Waals surface area contributed by atoms with Gasteiger partial charge in [-0.25, -0.2) is 4.79 Å². The Morgan fingerprint density at radius 2 is 1.73 bits per heavy atom. The highest BCUT2D eigenvalue weighted by atomic mass is 16.2. The predicted molar refractivity (Wildman–Crippen MR) is 129 cm³/mol. The fraction of sp³-hybridized carbons (Fsp3) is 0.538. The molecule has 0 spiro atoms. The average molecular weight is 450 g/mol. The van der Waals surface area contributed by atoms with E-state index in [2.05, 4.69) is 46.4 Å². The number of hydrogen-bond donors (Lipinski definition) is 1. The number of anilines is 1. The molecule has 2 saturated heterocycles. The van der Waals surface area contributed by atoms with E-state index >= 15 is 0 Å². The van der Waals surface area contributed by atoms with Crippen molar-refractivity contribution in [2.45, 2.75) is 51.9 Å². The van der Waals surface area contributed by atoms with Gasteiger partial charge in [0.1, 0.15) is 0 Å². The summed E-state index contributed by atoms with van der Waals surface area (Å²) in [7, 11) is 0. The Morgan fingerprint density at radius 3 is 2.33 bits per heavy atom. The minimum atomic E-state index is -0.0719. The van der Waals surface area contributed by atoms with Gasteiger partial charge in [0.2, 0.25) is 5.91 Å². The molecule has 0 bridgehead atoms. The van der Waals surface area contributed by atoms with Crippen molar-refractivity contribution in [3.63, 3.8) is 0 Å². The molecule has 4 rings (SSSR count). The summed E-state index contributed by atoms with van der Waals surface area (Å²) in [5, 5.41) is 11.0. The van der Waals surface area contributed by atoms with Crippen LogP contribution < -0.4 is 5.32 Å². The average Bonchev–Trinajstić information content (AvgIpc) is 2.81. The first-order valence-corrected chi connectivity index (χ1v) is 12.3. The maximum absolute atomic E-state index is 12.6. The van der Waals surface area contributed by atoms with Crippen LogP contribution in [0.15, 0.2) is 42.6 Å². The first-order chi connectivity index (χ1) is 16.1. The molecular weight excluding hydrogens is 414 g/mol. The van der Waals surface area contributed by atoms with Gasteiger partial charge >= 0.3 is 6.03 Å². The van der Waals surface area contributed by atoms with Crippen LogP contribution in [0.25, 0.3) is 0 Å². The second kappa shape index (κ2) is 10.8. The molecular formula is C26H35N5O2. The van der Waals surface area contributed by atoms with Crippen molar-refractivity contribution >= 4 is 17.6 Å². The van der Waals surface area contributed by atoms with Crippen LogP contribution >= 0.6 is 0 Å². The molecule has 1 aromatic heterocycles. The molecule has 1 N–H and O–H groups in total. The number of carbonyl (C=O) groups is 2. The van der Waals surface area contributed by atoms with Crippen LogP contribution in [0.4, 0.5) is 10.5 Å². The fourth-order valence-electron chi connectivity index (χ4n) is 4.88. The maximum Gasteiger partial charge on any atom is 0.321 e. The molecule has 1 aromatic carbocycles. The van der Waals surface area contributed by atoms with Crippen LogP contribution in [-0.4, -0.2) is 58.1 Å². The number of likely N-dealkylation sites (tertiary alicyclic amines) is 2. The first kappa shape index (κ1) is 23.2. The minimum Gasteiger partial charge on any atom is -0.342 e. The molecule has 0 radical (unpaired) electrons. The maximum atomic E-state index is 12.6. The number of nitrogens with one attached hydrogen (secondary N) is 1. The van der Waals surface area contributed by atoms with E-state index in [1.54, 1.807) is 11.1 Å². The molecule has 2 aliphatic rings. The van der Waals surface area contributed by atoms with E-state index < -0.39 is 0 Å². The summed E-state index contributed by atoms with van der Waals surface area (Å²) in [4.78, 5) is 29.0. The Bertz CT molecular complexity index is 915. The molecule has 0 saturated carbocycles. The summed E-state index contributed by atoms with van der Waals surface area (Å²) < 4.78 is 0. The monoisotopic (exact) mass is 449 g/mol. The van der Waals surface area contributed by atoms with Gasteiger partial charge in [-0.1, -0.05) is 26.0 Å². The number of rotatable bonds is 7. The van der Waals surface area contributed by atoms with Crippen molar-refractivity contribution in [2.75, 3.05) is 31.5 Å². The number of nitrogens with zero attached hydrogens (tertiary/aromatic N) is 4. The Balaban J connectivity index is 1.20. The SMILES string of the molecule is CCC(CC)C(=O)N1CCC(Cc2ccc(NC(=O)N3CC(c4cccnn4)C3)cc2)CC1. The molecule has 2 fully saturated rings. The van der Waals surface area contributed by atoms with E-state index in [1.165, 1.54) is 5.56 Å². The number of carbonyl (C=O) groups excluding carboxylic acids is 2. The third kappa shape index (κ3) is 5.70. The van der Waals surface area contributed by atoms with Crippen molar-refractivity contribution in [1.82, 2.24) is 20.0 Å². The summed E-state index contributed by atoms with van der Waals surface area (Å²) >= 11 is 0. The highest BCUT2D eigenvalue weighted by Crippen LogP contribution is 2.27. The quantitative estimate of drug-likeness (QED) is 0.683. The van der Waals surface area contributed by atoms with Crippen molar-refractivity contribution in [2.24, 2.45) is 11.8 Å². The molecule has 2 aliphatic heterocycles. The molecule has 7 nitrogen and oxygen atoms in total. The molecule has 3 amide bonds. The van der Waals surface area contributed by atoms with Gasteiger partial charge in [-0.2, -0.15) is 10.2 Å². The predicted octanol–water partition coefficient (Wildman–Crippen LogP) is 4.33. The molecule has 33 heavy (non-hydrogen) atoms. The van der Waals surface area contributed by atoms with Crippen molar-refractivity contribution < 1.29 is 9.59 Å². The molecule has 3 heterocycles. The zero-order valence-corrected chi connectivity index (χ0v) is 19.7. The molecule has 7 heteroatoms. The molecule has 0 aliphatic carbocycles. The number of aromatic nitrogens is 2. The molecule has 2 aromatic rings. The standard InChI is InChI=1S/C26H35N5O2/c1-3-21(4-2)25(32)30-14-11-20(12-15-30)16-19-7-9-23(10-8-19)28-26(33)31-17-22(18-31)24-6-5-13-27-29-24/h5-10,13,20-22H,3-4,11-12,14-18H2,1-2H3,(H,28,33). The molecule has 0 atom stereocenters. The zero-order chi connectivity index (χ0) is 23.2. The third-order valence-corrected chi connectivity index (χ3v) is 7.17. The van der Waals surface area contributed by atoms with E-state index in [9.17, 15) is 9.59 Å². The number of urea groups is 1. The third-order valence-electron chi connectivity index (χ3n) is 7.17.